The number of esters is 1. The zero-order valence-corrected chi connectivity index (χ0v) is 26.3. The van der Waals surface area contributed by atoms with Crippen LogP contribution in [0.4, 0.5) is 0 Å². The first kappa shape index (κ1) is 28.7. The van der Waals surface area contributed by atoms with E-state index in [1.54, 1.807) is 18.0 Å². The van der Waals surface area contributed by atoms with Crippen molar-refractivity contribution in [2.75, 3.05) is 20.8 Å². The van der Waals surface area contributed by atoms with Crippen molar-refractivity contribution in [1.82, 2.24) is 33.8 Å². The first-order valence-electron chi connectivity index (χ1n) is 16.0. The van der Waals surface area contributed by atoms with E-state index in [1.807, 2.05) is 35.5 Å². The number of pyridine rings is 1. The van der Waals surface area contributed by atoms with Crippen molar-refractivity contribution in [2.24, 2.45) is 17.6 Å². The number of aromatic nitrogens is 6. The second-order valence-corrected chi connectivity index (χ2v) is 13.3. The van der Waals surface area contributed by atoms with Crippen LogP contribution in [0.3, 0.4) is 0 Å². The second-order valence-electron chi connectivity index (χ2n) is 13.3. The van der Waals surface area contributed by atoms with E-state index in [0.29, 0.717) is 41.8 Å². The quantitative estimate of drug-likeness (QED) is 0.245. The molecule has 46 heavy (non-hydrogen) atoms. The summed E-state index contributed by atoms with van der Waals surface area (Å²) in [4.78, 5) is 37.9. The molecule has 238 valence electrons. The molecule has 4 aromatic heterocycles. The molecule has 0 radical (unpaired) electrons. The van der Waals surface area contributed by atoms with Gasteiger partial charge in [0, 0.05) is 47.5 Å². The highest BCUT2D eigenvalue weighted by atomic mass is 16.5. The number of hydrogen-bond acceptors (Lipinski definition) is 8. The van der Waals surface area contributed by atoms with Crippen LogP contribution in [0.5, 0.6) is 5.75 Å². The minimum atomic E-state index is -0.375. The summed E-state index contributed by atoms with van der Waals surface area (Å²) in [5.41, 5.74) is 11.0. The number of fused-ring (bicyclic) bond motifs is 4. The van der Waals surface area contributed by atoms with Gasteiger partial charge in [0.25, 0.3) is 5.91 Å². The summed E-state index contributed by atoms with van der Waals surface area (Å²) in [7, 11) is 2.98. The zero-order chi connectivity index (χ0) is 31.7. The van der Waals surface area contributed by atoms with Crippen molar-refractivity contribution in [3.05, 3.63) is 60.0 Å². The van der Waals surface area contributed by atoms with Crippen LogP contribution in [0.1, 0.15) is 48.5 Å². The highest BCUT2D eigenvalue weighted by Gasteiger charge is 2.54. The summed E-state index contributed by atoms with van der Waals surface area (Å²) < 4.78 is 16.8. The van der Waals surface area contributed by atoms with E-state index >= 15 is 0 Å². The maximum Gasteiger partial charge on any atom is 0.327 e. The number of nitrogens with zero attached hydrogens (tertiary/aromatic N) is 7. The fraction of sp³-hybridized carbons (Fsp3) is 0.441. The summed E-state index contributed by atoms with van der Waals surface area (Å²) >= 11 is 0. The maximum absolute atomic E-state index is 14.0. The van der Waals surface area contributed by atoms with Crippen molar-refractivity contribution in [3.63, 3.8) is 0 Å². The van der Waals surface area contributed by atoms with E-state index in [4.69, 9.17) is 25.2 Å². The topological polar surface area (TPSA) is 135 Å². The molecule has 3 aliphatic rings. The number of nitrogens with two attached hydrogens (primary N) is 1. The number of methoxy groups -OCH3 is 2. The summed E-state index contributed by atoms with van der Waals surface area (Å²) in [6.07, 6.45) is 9.78. The van der Waals surface area contributed by atoms with Gasteiger partial charge in [-0.3, -0.25) is 14.3 Å². The Labute approximate surface area is 266 Å². The molecular weight excluding hydrogens is 584 g/mol. The average Bonchev–Trinajstić information content (AvgIpc) is 3.28. The van der Waals surface area contributed by atoms with Crippen LogP contribution in [-0.4, -0.2) is 78.0 Å². The number of rotatable bonds is 9. The van der Waals surface area contributed by atoms with Gasteiger partial charge in [-0.15, -0.1) is 0 Å². The number of hydrogen-bond donors (Lipinski definition) is 1. The molecule has 2 bridgehead atoms. The lowest BCUT2D eigenvalue weighted by molar-refractivity contribution is -0.141. The van der Waals surface area contributed by atoms with E-state index < -0.39 is 0 Å². The largest absolute Gasteiger partial charge is 0.494 e. The Hall–Kier alpha value is -4.71. The second kappa shape index (κ2) is 10.7. The summed E-state index contributed by atoms with van der Waals surface area (Å²) in [5.74, 6) is 1.79. The number of carbonyl (C=O) groups excluding carboxylic acids is 2. The molecule has 3 atom stereocenters. The predicted octanol–water partition coefficient (Wildman–Crippen LogP) is 3.84. The zero-order valence-electron chi connectivity index (χ0n) is 26.3. The monoisotopic (exact) mass is 622 g/mol. The standard InChI is InChI=1S/C34H38N8O4/c1-34(35)24-8-9-28(34)41(18-24)33(44)23-11-25-30(27(13-23)45-2)42(17-21-14-37-39(15-21)19-29(43)46-3)32(38-25)26-12-22-5-4-10-36-31(22)40(26)16-20-6-7-20/h4-5,10-15,20,24,28H,6-9,16-19,35H2,1-3H3. The molecule has 2 N–H and O–H groups in total. The smallest absolute Gasteiger partial charge is 0.327 e. The van der Waals surface area contributed by atoms with Crippen LogP contribution in [0.25, 0.3) is 33.6 Å². The van der Waals surface area contributed by atoms with E-state index in [-0.39, 0.29) is 30.0 Å². The Morgan fingerprint density at radius 2 is 1.96 bits per heavy atom. The molecule has 2 aliphatic carbocycles. The molecule has 2 saturated carbocycles. The van der Waals surface area contributed by atoms with Crippen LogP contribution in [0, 0.1) is 11.8 Å². The van der Waals surface area contributed by atoms with Crippen molar-refractivity contribution >= 4 is 33.9 Å². The number of ether oxygens (including phenoxy) is 2. The molecule has 1 saturated heterocycles. The molecule has 0 spiro atoms. The Balaban J connectivity index is 1.27. The predicted molar refractivity (Wildman–Crippen MR) is 171 cm³/mol. The van der Waals surface area contributed by atoms with E-state index in [2.05, 4.69) is 33.3 Å². The molecule has 8 rings (SSSR count). The minimum absolute atomic E-state index is 0.0182. The first-order chi connectivity index (χ1) is 22.2. The fourth-order valence-electron chi connectivity index (χ4n) is 7.62. The van der Waals surface area contributed by atoms with Crippen LogP contribution >= 0.6 is 0 Å². The van der Waals surface area contributed by atoms with Gasteiger partial charge in [0.1, 0.15) is 23.5 Å². The van der Waals surface area contributed by atoms with Crippen LogP contribution in [-0.2, 0) is 29.2 Å². The highest BCUT2D eigenvalue weighted by molar-refractivity contribution is 6.00. The maximum atomic E-state index is 14.0. The Kier molecular flexibility index (Phi) is 6.68. The fourth-order valence-corrected chi connectivity index (χ4v) is 7.62. The summed E-state index contributed by atoms with van der Waals surface area (Å²) in [6.45, 7) is 4.02. The van der Waals surface area contributed by atoms with E-state index in [1.165, 1.54) is 20.0 Å². The van der Waals surface area contributed by atoms with Gasteiger partial charge in [0.05, 0.1) is 44.2 Å². The molecule has 12 nitrogen and oxygen atoms in total. The molecule has 5 aromatic rings. The lowest BCUT2D eigenvalue weighted by Crippen LogP contribution is -2.49. The number of imidazole rings is 1. The van der Waals surface area contributed by atoms with Crippen LogP contribution in [0.2, 0.25) is 0 Å². The van der Waals surface area contributed by atoms with Gasteiger partial charge >= 0.3 is 5.97 Å². The van der Waals surface area contributed by atoms with Crippen LogP contribution < -0.4 is 10.5 Å². The molecule has 1 aromatic carbocycles. The highest BCUT2D eigenvalue weighted by Crippen LogP contribution is 2.45. The average molecular weight is 623 g/mol. The van der Waals surface area contributed by atoms with Crippen molar-refractivity contribution < 1.29 is 19.1 Å². The van der Waals surface area contributed by atoms with Gasteiger partial charge in [-0.2, -0.15) is 5.10 Å². The third-order valence-electron chi connectivity index (χ3n) is 10.3. The van der Waals surface area contributed by atoms with Crippen LogP contribution in [0.15, 0.2) is 48.9 Å². The summed E-state index contributed by atoms with van der Waals surface area (Å²) in [6, 6.07) is 9.90. The van der Waals surface area contributed by atoms with Gasteiger partial charge in [0.15, 0.2) is 5.82 Å². The molecule has 3 unspecified atom stereocenters. The first-order valence-corrected chi connectivity index (χ1v) is 16.0. The molecular formula is C34H38N8O4. The summed E-state index contributed by atoms with van der Waals surface area (Å²) in [5, 5.41) is 5.44. The molecule has 5 heterocycles. The Bertz CT molecular complexity index is 2000. The molecule has 1 amide bonds. The third kappa shape index (κ3) is 4.65. The lowest BCUT2D eigenvalue weighted by Gasteiger charge is -2.29. The number of benzene rings is 1. The number of amides is 1. The van der Waals surface area contributed by atoms with Gasteiger partial charge in [0.2, 0.25) is 0 Å². The SMILES string of the molecule is COC(=O)Cn1cc(Cn2c(-c3cc4cccnc4n3CC3CC3)nc3cc(C(=O)N4CC5CCC4C5(C)N)cc(OC)c32)cn1. The van der Waals surface area contributed by atoms with E-state index in [9.17, 15) is 9.59 Å². The Morgan fingerprint density at radius 3 is 2.67 bits per heavy atom. The van der Waals surface area contributed by atoms with Crippen molar-refractivity contribution in [1.29, 1.82) is 0 Å². The lowest BCUT2D eigenvalue weighted by atomic mass is 9.92. The van der Waals surface area contributed by atoms with Gasteiger partial charge in [-0.05, 0) is 74.8 Å². The molecule has 3 fully saturated rings. The van der Waals surface area contributed by atoms with Gasteiger partial charge < -0.3 is 29.2 Å². The number of carbonyl (C=O) groups is 2. The van der Waals surface area contributed by atoms with Crippen molar-refractivity contribution in [3.8, 4) is 17.3 Å². The van der Waals surface area contributed by atoms with Gasteiger partial charge in [-0.1, -0.05) is 0 Å². The Morgan fingerprint density at radius 1 is 1.11 bits per heavy atom. The minimum Gasteiger partial charge on any atom is -0.494 e. The third-order valence-corrected chi connectivity index (χ3v) is 10.3. The normalized spacial score (nSPS) is 22.3. The molecule has 1 aliphatic heterocycles. The van der Waals surface area contributed by atoms with Crippen molar-refractivity contribution in [2.45, 2.75) is 63.8 Å². The number of piperidine rings is 1. The molecule has 12 heteroatoms. The van der Waals surface area contributed by atoms with E-state index in [0.717, 1.165) is 53.0 Å². The number of likely N-dealkylation sites (tertiary alicyclic amines) is 1. The van der Waals surface area contributed by atoms with Gasteiger partial charge in [-0.25, -0.2) is 9.97 Å².